The van der Waals surface area contributed by atoms with E-state index in [1.807, 2.05) is 0 Å². The number of hydrogen-bond acceptors (Lipinski definition) is 2. The second kappa shape index (κ2) is 4.28. The van der Waals surface area contributed by atoms with E-state index in [1.54, 1.807) is 18.3 Å². The molecule has 0 radical (unpaired) electrons. The highest BCUT2D eigenvalue weighted by molar-refractivity contribution is 9.08. The molecule has 0 aliphatic heterocycles. The summed E-state index contributed by atoms with van der Waals surface area (Å²) in [5.41, 5.74) is 1.02. The minimum Gasteiger partial charge on any atom is -0.217 e. The van der Waals surface area contributed by atoms with Gasteiger partial charge in [-0.15, -0.1) is 5.10 Å². The summed E-state index contributed by atoms with van der Waals surface area (Å²) in [7, 11) is 0. The van der Waals surface area contributed by atoms with Gasteiger partial charge in [0, 0.05) is 5.33 Å². The summed E-state index contributed by atoms with van der Waals surface area (Å²) in [4.78, 5) is 0. The Labute approximate surface area is 99.0 Å². The van der Waals surface area contributed by atoms with Crippen LogP contribution in [0.5, 0.6) is 0 Å². The molecule has 0 spiro atoms. The zero-order chi connectivity index (χ0) is 10.8. The lowest BCUT2D eigenvalue weighted by Gasteiger charge is -2.02. The lowest BCUT2D eigenvalue weighted by atomic mass is 10.3. The molecule has 1 aromatic heterocycles. The highest BCUT2D eigenvalue weighted by Gasteiger charge is 2.09. The molecular weight excluding hydrogens is 284 g/mol. The first-order valence-electron chi connectivity index (χ1n) is 4.14. The van der Waals surface area contributed by atoms with Gasteiger partial charge in [0.1, 0.15) is 5.69 Å². The van der Waals surface area contributed by atoms with Gasteiger partial charge in [0.25, 0.3) is 0 Å². The topological polar surface area (TPSA) is 30.7 Å². The second-order valence-corrected chi connectivity index (χ2v) is 3.83. The van der Waals surface area contributed by atoms with E-state index in [0.717, 1.165) is 5.69 Å². The van der Waals surface area contributed by atoms with E-state index in [4.69, 9.17) is 11.6 Å². The summed E-state index contributed by atoms with van der Waals surface area (Å²) < 4.78 is 14.9. The molecule has 0 aliphatic carbocycles. The third-order valence-electron chi connectivity index (χ3n) is 1.86. The van der Waals surface area contributed by atoms with Gasteiger partial charge in [0.2, 0.25) is 0 Å². The van der Waals surface area contributed by atoms with Crippen LogP contribution >= 0.6 is 27.5 Å². The van der Waals surface area contributed by atoms with E-state index in [2.05, 4.69) is 26.2 Å². The molecule has 0 bridgehead atoms. The zero-order valence-corrected chi connectivity index (χ0v) is 9.83. The third-order valence-corrected chi connectivity index (χ3v) is 2.72. The van der Waals surface area contributed by atoms with E-state index >= 15 is 0 Å². The number of rotatable bonds is 2. The Balaban J connectivity index is 2.49. The average molecular weight is 291 g/mol. The van der Waals surface area contributed by atoms with Crippen molar-refractivity contribution in [3.63, 3.8) is 0 Å². The fourth-order valence-corrected chi connectivity index (χ4v) is 1.57. The molecule has 2 rings (SSSR count). The van der Waals surface area contributed by atoms with E-state index in [0.29, 0.717) is 11.0 Å². The van der Waals surface area contributed by atoms with Crippen LogP contribution in [0.4, 0.5) is 4.39 Å². The van der Waals surface area contributed by atoms with Gasteiger partial charge < -0.3 is 0 Å². The number of nitrogens with zero attached hydrogens (tertiary/aromatic N) is 3. The monoisotopic (exact) mass is 289 g/mol. The van der Waals surface area contributed by atoms with E-state index < -0.39 is 5.82 Å². The predicted octanol–water partition coefficient (Wildman–Crippen LogP) is 2.95. The summed E-state index contributed by atoms with van der Waals surface area (Å²) in [6, 6.07) is 4.74. The maximum absolute atomic E-state index is 13.6. The summed E-state index contributed by atoms with van der Waals surface area (Å²) in [5, 5.41) is 8.29. The van der Waals surface area contributed by atoms with Gasteiger partial charge >= 0.3 is 0 Å². The quantitative estimate of drug-likeness (QED) is 0.796. The Morgan fingerprint density at radius 3 is 2.93 bits per heavy atom. The maximum atomic E-state index is 13.6. The van der Waals surface area contributed by atoms with Crippen LogP contribution in [-0.4, -0.2) is 15.0 Å². The number of hydrogen-bond donors (Lipinski definition) is 0. The summed E-state index contributed by atoms with van der Waals surface area (Å²) in [6.07, 6.45) is 1.64. The number of halogens is 3. The Hall–Kier alpha value is -0.940. The van der Waals surface area contributed by atoms with Crippen LogP contribution in [0.15, 0.2) is 24.4 Å². The molecule has 1 heterocycles. The molecule has 2 aromatic rings. The summed E-state index contributed by atoms with van der Waals surface area (Å²) >= 11 is 8.90. The van der Waals surface area contributed by atoms with Crippen LogP contribution in [0, 0.1) is 5.82 Å². The van der Waals surface area contributed by atoms with Crippen LogP contribution in [-0.2, 0) is 5.33 Å². The van der Waals surface area contributed by atoms with E-state index in [-0.39, 0.29) is 5.02 Å². The highest BCUT2D eigenvalue weighted by Crippen LogP contribution is 2.20. The first kappa shape index (κ1) is 10.6. The molecule has 0 atom stereocenters. The number of benzene rings is 1. The molecule has 0 saturated heterocycles. The highest BCUT2D eigenvalue weighted by atomic mass is 79.9. The van der Waals surface area contributed by atoms with Crippen molar-refractivity contribution in [1.29, 1.82) is 0 Å². The van der Waals surface area contributed by atoms with E-state index in [1.165, 1.54) is 10.7 Å². The van der Waals surface area contributed by atoms with Crippen molar-refractivity contribution in [2.24, 2.45) is 0 Å². The molecule has 0 unspecified atom stereocenters. The average Bonchev–Trinajstić information content (AvgIpc) is 2.70. The second-order valence-electron chi connectivity index (χ2n) is 2.86. The van der Waals surface area contributed by atoms with Gasteiger partial charge in [-0.3, -0.25) is 0 Å². The first-order valence-corrected chi connectivity index (χ1v) is 5.64. The fourth-order valence-electron chi connectivity index (χ4n) is 1.15. The van der Waals surface area contributed by atoms with Gasteiger partial charge in [-0.25, -0.2) is 9.07 Å². The molecule has 0 aliphatic rings. The van der Waals surface area contributed by atoms with Gasteiger partial charge in [0.15, 0.2) is 5.82 Å². The van der Waals surface area contributed by atoms with Gasteiger partial charge in [-0.2, -0.15) is 0 Å². The smallest absolute Gasteiger partial charge is 0.167 e. The Bertz CT molecular complexity index is 486. The zero-order valence-electron chi connectivity index (χ0n) is 7.49. The number of aromatic nitrogens is 3. The van der Waals surface area contributed by atoms with Gasteiger partial charge in [-0.05, 0) is 12.1 Å². The minimum atomic E-state index is -0.495. The van der Waals surface area contributed by atoms with Crippen molar-refractivity contribution in [3.8, 4) is 5.69 Å². The SMILES string of the molecule is Fc1c(Cl)cccc1-n1cc(CBr)nn1. The van der Waals surface area contributed by atoms with Crippen molar-refractivity contribution < 1.29 is 4.39 Å². The normalized spacial score (nSPS) is 10.6. The lowest BCUT2D eigenvalue weighted by Crippen LogP contribution is -1.98. The van der Waals surface area contributed by atoms with Crippen molar-refractivity contribution in [2.75, 3.05) is 0 Å². The molecule has 6 heteroatoms. The predicted molar refractivity (Wildman–Crippen MR) is 59.0 cm³/mol. The third kappa shape index (κ3) is 2.03. The van der Waals surface area contributed by atoms with Crippen LogP contribution in [0.1, 0.15) is 5.69 Å². The molecular formula is C9H6BrClFN3. The van der Waals surface area contributed by atoms with Crippen LogP contribution in [0.25, 0.3) is 5.69 Å². The van der Waals surface area contributed by atoms with Crippen molar-refractivity contribution in [2.45, 2.75) is 5.33 Å². The molecule has 1 aromatic carbocycles. The molecule has 0 fully saturated rings. The molecule has 0 saturated carbocycles. The molecule has 0 N–H and O–H groups in total. The Morgan fingerprint density at radius 2 is 2.27 bits per heavy atom. The molecule has 0 amide bonds. The van der Waals surface area contributed by atoms with Crippen molar-refractivity contribution in [3.05, 3.63) is 40.9 Å². The Kier molecular flexibility index (Phi) is 3.02. The van der Waals surface area contributed by atoms with E-state index in [9.17, 15) is 4.39 Å². The Morgan fingerprint density at radius 1 is 1.47 bits per heavy atom. The van der Waals surface area contributed by atoms with Crippen molar-refractivity contribution in [1.82, 2.24) is 15.0 Å². The standard InChI is InChI=1S/C9H6BrClFN3/c10-4-6-5-15(14-13-6)8-3-1-2-7(11)9(8)12/h1-3,5H,4H2. The summed E-state index contributed by atoms with van der Waals surface area (Å²) in [6.45, 7) is 0. The summed E-state index contributed by atoms with van der Waals surface area (Å²) in [5.74, 6) is -0.495. The maximum Gasteiger partial charge on any atom is 0.167 e. The van der Waals surface area contributed by atoms with Crippen LogP contribution < -0.4 is 0 Å². The molecule has 78 valence electrons. The lowest BCUT2D eigenvalue weighted by molar-refractivity contribution is 0.607. The minimum absolute atomic E-state index is 0.0726. The van der Waals surface area contributed by atoms with Gasteiger partial charge in [0.05, 0.1) is 16.9 Å². The number of alkyl halides is 1. The molecule has 3 nitrogen and oxygen atoms in total. The first-order chi connectivity index (χ1) is 7.22. The fraction of sp³-hybridized carbons (Fsp3) is 0.111. The van der Waals surface area contributed by atoms with Gasteiger partial charge in [-0.1, -0.05) is 38.8 Å². The largest absolute Gasteiger partial charge is 0.217 e. The van der Waals surface area contributed by atoms with Crippen LogP contribution in [0.3, 0.4) is 0 Å². The van der Waals surface area contributed by atoms with Crippen LogP contribution in [0.2, 0.25) is 5.02 Å². The van der Waals surface area contributed by atoms with Crippen molar-refractivity contribution >= 4 is 27.5 Å². The molecule has 15 heavy (non-hydrogen) atoms.